The van der Waals surface area contributed by atoms with Gasteiger partial charge in [0, 0.05) is 21.5 Å². The Hall–Kier alpha value is -2.94. The summed E-state index contributed by atoms with van der Waals surface area (Å²) in [6.45, 7) is 7.07. The molecule has 34 heavy (non-hydrogen) atoms. The van der Waals surface area contributed by atoms with Gasteiger partial charge in [-0.25, -0.2) is 13.9 Å². The van der Waals surface area contributed by atoms with Crippen molar-refractivity contribution < 1.29 is 19.4 Å². The van der Waals surface area contributed by atoms with Crippen molar-refractivity contribution in [2.45, 2.75) is 45.1 Å². The summed E-state index contributed by atoms with van der Waals surface area (Å²) in [4.78, 5) is 12.5. The summed E-state index contributed by atoms with van der Waals surface area (Å²) in [7, 11) is 0. The molecule has 9 heteroatoms. The number of anilines is 1. The van der Waals surface area contributed by atoms with Crippen LogP contribution in [0.2, 0.25) is 5.02 Å². The standard InChI is InChI=1S/C25H30ClFN4O3/c1-24(2,3)22-12-19(31(30-22)18-7-5-6-16(26)10-18)13-28-23(34)29-17-8-9-20(21(27)11-17)25(4,14-32)15-33/h5-12,32-33H,13-15H2,1-4H3,(H2,28,29,34). The van der Waals surface area contributed by atoms with Gasteiger partial charge < -0.3 is 20.8 Å². The van der Waals surface area contributed by atoms with Crippen LogP contribution in [0.3, 0.4) is 0 Å². The molecule has 0 aliphatic carbocycles. The van der Waals surface area contributed by atoms with Crippen LogP contribution in [0.1, 0.15) is 44.6 Å². The van der Waals surface area contributed by atoms with Crippen molar-refractivity contribution in [3.05, 3.63) is 76.3 Å². The summed E-state index contributed by atoms with van der Waals surface area (Å²) in [6.07, 6.45) is 0. The Balaban J connectivity index is 1.76. The Morgan fingerprint density at radius 1 is 1.09 bits per heavy atom. The van der Waals surface area contributed by atoms with Gasteiger partial charge in [-0.1, -0.05) is 51.4 Å². The third-order valence-electron chi connectivity index (χ3n) is 5.61. The lowest BCUT2D eigenvalue weighted by atomic mass is 9.84. The summed E-state index contributed by atoms with van der Waals surface area (Å²) >= 11 is 6.15. The first-order chi connectivity index (χ1) is 16.0. The molecular formula is C25H30ClFN4O3. The van der Waals surface area contributed by atoms with E-state index in [0.717, 1.165) is 23.1 Å². The molecule has 3 aromatic rings. The van der Waals surface area contributed by atoms with E-state index in [1.165, 1.54) is 12.1 Å². The van der Waals surface area contributed by atoms with E-state index in [0.29, 0.717) is 5.02 Å². The molecule has 0 bridgehead atoms. The van der Waals surface area contributed by atoms with Crippen molar-refractivity contribution in [1.82, 2.24) is 15.1 Å². The number of aliphatic hydroxyl groups excluding tert-OH is 2. The van der Waals surface area contributed by atoms with Crippen molar-refractivity contribution in [2.24, 2.45) is 0 Å². The zero-order valence-corrected chi connectivity index (χ0v) is 20.4. The summed E-state index contributed by atoms with van der Waals surface area (Å²) in [5.74, 6) is -0.628. The van der Waals surface area contributed by atoms with Crippen molar-refractivity contribution in [2.75, 3.05) is 18.5 Å². The van der Waals surface area contributed by atoms with Gasteiger partial charge in [0.2, 0.25) is 0 Å². The monoisotopic (exact) mass is 488 g/mol. The summed E-state index contributed by atoms with van der Waals surface area (Å²) in [5, 5.41) is 29.7. The van der Waals surface area contributed by atoms with Crippen LogP contribution in [0.25, 0.3) is 5.69 Å². The maximum atomic E-state index is 14.6. The molecule has 7 nitrogen and oxygen atoms in total. The lowest BCUT2D eigenvalue weighted by Crippen LogP contribution is -2.32. The van der Waals surface area contributed by atoms with Crippen LogP contribution in [-0.2, 0) is 17.4 Å². The van der Waals surface area contributed by atoms with Crippen LogP contribution in [0, 0.1) is 5.82 Å². The molecule has 3 rings (SSSR count). The first-order valence-electron chi connectivity index (χ1n) is 10.9. The maximum Gasteiger partial charge on any atom is 0.319 e. The molecule has 0 radical (unpaired) electrons. The molecule has 1 aromatic heterocycles. The van der Waals surface area contributed by atoms with Gasteiger partial charge in [0.15, 0.2) is 0 Å². The van der Waals surface area contributed by atoms with E-state index >= 15 is 0 Å². The van der Waals surface area contributed by atoms with Gasteiger partial charge in [-0.05, 0) is 42.0 Å². The van der Waals surface area contributed by atoms with Gasteiger partial charge in [-0.3, -0.25) is 0 Å². The molecule has 2 aromatic carbocycles. The minimum absolute atomic E-state index is 0.170. The number of benzene rings is 2. The fourth-order valence-corrected chi connectivity index (χ4v) is 3.58. The molecule has 2 amide bonds. The van der Waals surface area contributed by atoms with E-state index in [4.69, 9.17) is 16.7 Å². The quantitative estimate of drug-likeness (QED) is 0.392. The normalized spacial score (nSPS) is 12.0. The van der Waals surface area contributed by atoms with Gasteiger partial charge in [0.05, 0.1) is 36.8 Å². The molecule has 4 N–H and O–H groups in total. The molecule has 0 aliphatic heterocycles. The molecule has 182 valence electrons. The van der Waals surface area contributed by atoms with E-state index < -0.39 is 30.5 Å². The topological polar surface area (TPSA) is 99.4 Å². The van der Waals surface area contributed by atoms with Crippen LogP contribution in [0.4, 0.5) is 14.9 Å². The van der Waals surface area contributed by atoms with Crippen molar-refractivity contribution >= 4 is 23.3 Å². The van der Waals surface area contributed by atoms with Crippen LogP contribution in [0.15, 0.2) is 48.5 Å². The smallest absolute Gasteiger partial charge is 0.319 e. The van der Waals surface area contributed by atoms with Gasteiger partial charge in [0.25, 0.3) is 0 Å². The molecule has 0 atom stereocenters. The minimum atomic E-state index is -1.12. The summed E-state index contributed by atoms with van der Waals surface area (Å²) in [6, 6.07) is 12.8. The lowest BCUT2D eigenvalue weighted by molar-refractivity contribution is 0.126. The number of aromatic nitrogens is 2. The van der Waals surface area contributed by atoms with E-state index in [9.17, 15) is 19.4 Å². The van der Waals surface area contributed by atoms with Gasteiger partial charge in [0.1, 0.15) is 5.82 Å². The van der Waals surface area contributed by atoms with Gasteiger partial charge in [-0.2, -0.15) is 5.10 Å². The largest absolute Gasteiger partial charge is 0.395 e. The highest BCUT2D eigenvalue weighted by Crippen LogP contribution is 2.28. The number of nitrogens with one attached hydrogen (secondary N) is 2. The number of aliphatic hydroxyl groups is 2. The molecule has 0 aliphatic rings. The first-order valence-corrected chi connectivity index (χ1v) is 11.3. The predicted molar refractivity (Wildman–Crippen MR) is 131 cm³/mol. The van der Waals surface area contributed by atoms with Crippen LogP contribution < -0.4 is 10.6 Å². The number of rotatable bonds is 7. The highest BCUT2D eigenvalue weighted by molar-refractivity contribution is 6.30. The molecule has 0 saturated heterocycles. The van der Waals surface area contributed by atoms with Gasteiger partial charge in [-0.15, -0.1) is 0 Å². The summed E-state index contributed by atoms with van der Waals surface area (Å²) in [5.41, 5.74) is 1.49. The number of amides is 2. The van der Waals surface area contributed by atoms with Crippen molar-refractivity contribution in [3.8, 4) is 5.69 Å². The zero-order chi connectivity index (χ0) is 25.1. The number of hydrogen-bond acceptors (Lipinski definition) is 4. The second-order valence-electron chi connectivity index (χ2n) is 9.54. The molecule has 1 heterocycles. The number of urea groups is 1. The predicted octanol–water partition coefficient (Wildman–Crippen LogP) is 4.53. The number of halogens is 2. The summed E-state index contributed by atoms with van der Waals surface area (Å²) < 4.78 is 16.3. The maximum absolute atomic E-state index is 14.6. The van der Waals surface area contributed by atoms with E-state index in [2.05, 4.69) is 31.4 Å². The Bertz CT molecular complexity index is 1170. The molecule has 0 fully saturated rings. The molecular weight excluding hydrogens is 459 g/mol. The van der Waals surface area contributed by atoms with Gasteiger partial charge >= 0.3 is 6.03 Å². The molecule has 0 spiro atoms. The lowest BCUT2D eigenvalue weighted by Gasteiger charge is -2.25. The highest BCUT2D eigenvalue weighted by Gasteiger charge is 2.28. The van der Waals surface area contributed by atoms with Crippen LogP contribution in [0.5, 0.6) is 0 Å². The Kier molecular flexibility index (Phi) is 7.65. The number of nitrogens with zero attached hydrogens (tertiary/aromatic N) is 2. The molecule has 0 unspecified atom stereocenters. The van der Waals surface area contributed by atoms with Crippen molar-refractivity contribution in [3.63, 3.8) is 0 Å². The third kappa shape index (κ3) is 5.75. The van der Waals surface area contributed by atoms with E-state index in [1.807, 2.05) is 18.2 Å². The minimum Gasteiger partial charge on any atom is -0.395 e. The number of carbonyl (C=O) groups is 1. The average Bonchev–Trinajstić information content (AvgIpc) is 3.22. The Morgan fingerprint density at radius 3 is 2.38 bits per heavy atom. The van der Waals surface area contributed by atoms with Crippen molar-refractivity contribution in [1.29, 1.82) is 0 Å². The zero-order valence-electron chi connectivity index (χ0n) is 19.7. The first kappa shape index (κ1) is 25.7. The average molecular weight is 489 g/mol. The third-order valence-corrected chi connectivity index (χ3v) is 5.84. The van der Waals surface area contributed by atoms with Crippen LogP contribution in [-0.4, -0.2) is 39.2 Å². The number of hydrogen-bond donors (Lipinski definition) is 4. The fraction of sp³-hybridized carbons (Fsp3) is 0.360. The highest BCUT2D eigenvalue weighted by atomic mass is 35.5. The fourth-order valence-electron chi connectivity index (χ4n) is 3.39. The SMILES string of the molecule is CC(C)(C)c1cc(CNC(=O)Nc2ccc(C(C)(CO)CO)c(F)c2)n(-c2cccc(Cl)c2)n1. The Morgan fingerprint density at radius 2 is 1.79 bits per heavy atom. The molecule has 0 saturated carbocycles. The number of carbonyl (C=O) groups excluding carboxylic acids is 1. The van der Waals surface area contributed by atoms with E-state index in [1.54, 1.807) is 23.7 Å². The second kappa shape index (κ2) is 10.1. The second-order valence-corrected chi connectivity index (χ2v) is 9.98. The Labute approximate surface area is 203 Å². The van der Waals surface area contributed by atoms with E-state index in [-0.39, 0.29) is 23.2 Å². The van der Waals surface area contributed by atoms with Crippen LogP contribution >= 0.6 is 11.6 Å².